The first-order valence-corrected chi connectivity index (χ1v) is 5.59. The number of aromatic amines is 1. The monoisotopic (exact) mass is 243 g/mol. The Labute approximate surface area is 104 Å². The molecular formula is C13H13N3O2. The fourth-order valence-corrected chi connectivity index (χ4v) is 1.55. The van der Waals surface area contributed by atoms with E-state index in [0.717, 1.165) is 16.5 Å². The molecule has 0 atom stereocenters. The Bertz CT molecular complexity index is 634. The van der Waals surface area contributed by atoms with Gasteiger partial charge in [0.15, 0.2) is 5.82 Å². The molecule has 0 aliphatic heterocycles. The van der Waals surface area contributed by atoms with Gasteiger partial charge in [-0.3, -0.25) is 9.89 Å². The van der Waals surface area contributed by atoms with E-state index in [2.05, 4.69) is 22.0 Å². The van der Waals surface area contributed by atoms with Crippen molar-refractivity contribution in [2.75, 3.05) is 12.3 Å². The number of H-pyrrole nitrogens is 1. The number of rotatable bonds is 2. The van der Waals surface area contributed by atoms with Crippen LogP contribution >= 0.6 is 0 Å². The van der Waals surface area contributed by atoms with Gasteiger partial charge in [0.05, 0.1) is 12.1 Å². The molecule has 1 heterocycles. The van der Waals surface area contributed by atoms with E-state index in [1.807, 2.05) is 18.2 Å². The molecule has 0 spiro atoms. The number of hydrogen-bond donors (Lipinski definition) is 2. The van der Waals surface area contributed by atoms with Gasteiger partial charge in [-0.05, 0) is 25.1 Å². The smallest absolute Gasteiger partial charge is 0.317 e. The van der Waals surface area contributed by atoms with Crippen LogP contribution in [0.2, 0.25) is 0 Å². The molecule has 0 bridgehead atoms. The first-order valence-electron chi connectivity index (χ1n) is 5.59. The van der Waals surface area contributed by atoms with Crippen molar-refractivity contribution in [1.29, 1.82) is 0 Å². The van der Waals surface area contributed by atoms with Crippen molar-refractivity contribution in [3.05, 3.63) is 23.8 Å². The number of aromatic nitrogens is 2. The number of nitrogens with one attached hydrogen (secondary N) is 1. The minimum Gasteiger partial charge on any atom is -0.465 e. The Hall–Kier alpha value is -2.48. The lowest BCUT2D eigenvalue weighted by Gasteiger charge is -1.95. The molecule has 1 aromatic carbocycles. The largest absolute Gasteiger partial charge is 0.465 e. The van der Waals surface area contributed by atoms with E-state index in [9.17, 15) is 4.79 Å². The maximum Gasteiger partial charge on any atom is 0.317 e. The third kappa shape index (κ3) is 2.61. The summed E-state index contributed by atoms with van der Waals surface area (Å²) in [7, 11) is 0. The van der Waals surface area contributed by atoms with Gasteiger partial charge in [-0.1, -0.05) is 11.8 Å². The zero-order valence-electron chi connectivity index (χ0n) is 9.99. The summed E-state index contributed by atoms with van der Waals surface area (Å²) in [6, 6.07) is 5.53. The van der Waals surface area contributed by atoms with E-state index in [-0.39, 0.29) is 12.4 Å². The highest BCUT2D eigenvalue weighted by Gasteiger charge is 2.01. The van der Waals surface area contributed by atoms with Crippen LogP contribution < -0.4 is 5.73 Å². The average Bonchev–Trinajstić information content (AvgIpc) is 2.71. The molecule has 5 heteroatoms. The number of benzene rings is 1. The van der Waals surface area contributed by atoms with Crippen LogP contribution in [0.3, 0.4) is 0 Å². The van der Waals surface area contributed by atoms with Gasteiger partial charge >= 0.3 is 5.97 Å². The van der Waals surface area contributed by atoms with Crippen LogP contribution in [0.5, 0.6) is 0 Å². The Balaban J connectivity index is 2.12. The first-order chi connectivity index (χ1) is 8.70. The molecule has 0 aliphatic rings. The van der Waals surface area contributed by atoms with Crippen LogP contribution in [0.4, 0.5) is 5.82 Å². The van der Waals surface area contributed by atoms with Crippen molar-refractivity contribution in [3.8, 4) is 11.8 Å². The average molecular weight is 243 g/mol. The lowest BCUT2D eigenvalue weighted by Crippen LogP contribution is -2.01. The van der Waals surface area contributed by atoms with E-state index in [4.69, 9.17) is 10.5 Å². The van der Waals surface area contributed by atoms with Gasteiger partial charge in [-0.2, -0.15) is 5.10 Å². The van der Waals surface area contributed by atoms with Crippen LogP contribution in [0.1, 0.15) is 18.9 Å². The van der Waals surface area contributed by atoms with E-state index in [1.165, 1.54) is 0 Å². The lowest BCUT2D eigenvalue weighted by molar-refractivity contribution is -0.141. The number of fused-ring (bicyclic) bond motifs is 1. The summed E-state index contributed by atoms with van der Waals surface area (Å²) < 4.78 is 4.78. The number of hydrogen-bond acceptors (Lipinski definition) is 4. The van der Waals surface area contributed by atoms with Gasteiger partial charge < -0.3 is 10.5 Å². The SMILES string of the molecule is CCOC(=O)CC#Cc1ccc2c(N)n[nH]c2c1. The van der Waals surface area contributed by atoms with Gasteiger partial charge in [0.2, 0.25) is 0 Å². The van der Waals surface area contributed by atoms with Crippen LogP contribution in [0.15, 0.2) is 18.2 Å². The standard InChI is InChI=1S/C13H13N3O2/c1-2-18-12(17)5-3-4-9-6-7-10-11(8-9)15-16-13(10)14/h6-8H,2,5H2,1H3,(H3,14,15,16). The quantitative estimate of drug-likeness (QED) is 0.618. The fourth-order valence-electron chi connectivity index (χ4n) is 1.55. The molecular weight excluding hydrogens is 230 g/mol. The molecule has 0 fully saturated rings. The van der Waals surface area contributed by atoms with Crippen molar-refractivity contribution < 1.29 is 9.53 Å². The maximum atomic E-state index is 11.1. The number of carbonyl (C=O) groups is 1. The van der Waals surface area contributed by atoms with Gasteiger partial charge in [0, 0.05) is 10.9 Å². The van der Waals surface area contributed by atoms with Gasteiger partial charge in [-0.25, -0.2) is 0 Å². The van der Waals surface area contributed by atoms with Crippen molar-refractivity contribution in [2.24, 2.45) is 0 Å². The van der Waals surface area contributed by atoms with Crippen molar-refractivity contribution in [3.63, 3.8) is 0 Å². The summed E-state index contributed by atoms with van der Waals surface area (Å²) >= 11 is 0. The minimum absolute atomic E-state index is 0.0942. The summed E-state index contributed by atoms with van der Waals surface area (Å²) in [5, 5.41) is 7.58. The fraction of sp³-hybridized carbons (Fsp3) is 0.231. The second-order valence-corrected chi connectivity index (χ2v) is 3.65. The first kappa shape index (κ1) is 12.0. The number of nitrogen functional groups attached to an aromatic ring is 1. The molecule has 0 radical (unpaired) electrons. The third-order valence-electron chi connectivity index (χ3n) is 2.36. The highest BCUT2D eigenvalue weighted by Crippen LogP contribution is 2.18. The Morgan fingerprint density at radius 2 is 2.39 bits per heavy atom. The molecule has 5 nitrogen and oxygen atoms in total. The summed E-state index contributed by atoms with van der Waals surface area (Å²) in [6.45, 7) is 2.14. The van der Waals surface area contributed by atoms with E-state index in [0.29, 0.717) is 12.4 Å². The molecule has 92 valence electrons. The highest BCUT2D eigenvalue weighted by atomic mass is 16.5. The normalized spacial score (nSPS) is 9.83. The van der Waals surface area contributed by atoms with E-state index >= 15 is 0 Å². The van der Waals surface area contributed by atoms with Crippen molar-refractivity contribution in [1.82, 2.24) is 10.2 Å². The molecule has 3 N–H and O–H groups in total. The third-order valence-corrected chi connectivity index (χ3v) is 2.36. The molecule has 2 rings (SSSR count). The summed E-state index contributed by atoms with van der Waals surface area (Å²) in [5.74, 6) is 5.82. The van der Waals surface area contributed by atoms with Crippen LogP contribution in [-0.2, 0) is 9.53 Å². The van der Waals surface area contributed by atoms with Gasteiger partial charge in [0.25, 0.3) is 0 Å². The highest BCUT2D eigenvalue weighted by molar-refractivity contribution is 5.89. The van der Waals surface area contributed by atoms with E-state index < -0.39 is 0 Å². The molecule has 1 aromatic heterocycles. The minimum atomic E-state index is -0.308. The van der Waals surface area contributed by atoms with Crippen LogP contribution in [0, 0.1) is 11.8 Å². The summed E-state index contributed by atoms with van der Waals surface area (Å²) in [6.07, 6.45) is 0.0942. The Kier molecular flexibility index (Phi) is 3.49. The number of nitrogens with two attached hydrogens (primary N) is 1. The second kappa shape index (κ2) is 5.23. The molecule has 0 amide bonds. The van der Waals surface area contributed by atoms with Crippen molar-refractivity contribution in [2.45, 2.75) is 13.3 Å². The molecule has 0 aliphatic carbocycles. The molecule has 0 unspecified atom stereocenters. The van der Waals surface area contributed by atoms with E-state index in [1.54, 1.807) is 6.92 Å². The maximum absolute atomic E-state index is 11.1. The molecule has 0 saturated heterocycles. The predicted octanol–water partition coefficient (Wildman–Crippen LogP) is 1.45. The zero-order valence-corrected chi connectivity index (χ0v) is 9.99. The molecule has 18 heavy (non-hydrogen) atoms. The Morgan fingerprint density at radius 3 is 3.17 bits per heavy atom. The number of nitrogens with zero attached hydrogens (tertiary/aromatic N) is 1. The van der Waals surface area contributed by atoms with Crippen molar-refractivity contribution >= 4 is 22.7 Å². The van der Waals surface area contributed by atoms with Gasteiger partial charge in [-0.15, -0.1) is 0 Å². The topological polar surface area (TPSA) is 81.0 Å². The number of anilines is 1. The second-order valence-electron chi connectivity index (χ2n) is 3.65. The summed E-state index contributed by atoms with van der Waals surface area (Å²) in [5.41, 5.74) is 7.29. The van der Waals surface area contributed by atoms with Crippen LogP contribution in [0.25, 0.3) is 10.9 Å². The number of carbonyl (C=O) groups excluding carboxylic acids is 1. The van der Waals surface area contributed by atoms with Gasteiger partial charge in [0.1, 0.15) is 6.42 Å². The number of esters is 1. The molecule has 0 saturated carbocycles. The summed E-state index contributed by atoms with van der Waals surface area (Å²) in [4.78, 5) is 11.1. The number of ether oxygens (including phenoxy) is 1. The van der Waals surface area contributed by atoms with Crippen LogP contribution in [-0.4, -0.2) is 22.8 Å². The Morgan fingerprint density at radius 1 is 1.56 bits per heavy atom. The zero-order chi connectivity index (χ0) is 13.0. The molecule has 2 aromatic rings. The predicted molar refractivity (Wildman–Crippen MR) is 68.6 cm³/mol. The lowest BCUT2D eigenvalue weighted by atomic mass is 10.1.